The molecule has 0 amide bonds. The molecule has 1 aromatic carbocycles. The standard InChI is InChI=1S/C24H33N7/c1-3-16(4-1)11-25-13-20-10-18-8-7-17(9-22(18)27-20)14-31-15-23(28-30-31)21-6-2-5-19-12-26-29-24(19)21/h7-10,15-16,19,21,24-27,29H,1-6,11-14H2. The number of aromatic nitrogens is 4. The lowest BCUT2D eigenvalue weighted by atomic mass is 9.77. The van der Waals surface area contributed by atoms with Crippen LogP contribution in [0, 0.1) is 11.8 Å². The Hall–Kier alpha value is -2.22. The van der Waals surface area contributed by atoms with E-state index >= 15 is 0 Å². The van der Waals surface area contributed by atoms with Gasteiger partial charge in [0.05, 0.1) is 12.2 Å². The highest BCUT2D eigenvalue weighted by Crippen LogP contribution is 2.37. The molecular weight excluding hydrogens is 386 g/mol. The molecule has 3 atom stereocenters. The summed E-state index contributed by atoms with van der Waals surface area (Å²) in [6.45, 7) is 3.89. The zero-order valence-electron chi connectivity index (χ0n) is 18.1. The fourth-order valence-electron chi connectivity index (χ4n) is 5.66. The van der Waals surface area contributed by atoms with Gasteiger partial charge in [-0.25, -0.2) is 4.68 Å². The van der Waals surface area contributed by atoms with E-state index in [1.54, 1.807) is 0 Å². The minimum Gasteiger partial charge on any atom is -0.357 e. The van der Waals surface area contributed by atoms with E-state index in [2.05, 4.69) is 61.9 Å². The second-order valence-corrected chi connectivity index (χ2v) is 9.83. The van der Waals surface area contributed by atoms with E-state index in [0.717, 1.165) is 43.7 Å². The monoisotopic (exact) mass is 419 g/mol. The van der Waals surface area contributed by atoms with Crippen molar-refractivity contribution < 1.29 is 0 Å². The van der Waals surface area contributed by atoms with Crippen molar-refractivity contribution in [2.24, 2.45) is 11.8 Å². The summed E-state index contributed by atoms with van der Waals surface area (Å²) < 4.78 is 1.99. The van der Waals surface area contributed by atoms with Gasteiger partial charge in [0.25, 0.3) is 0 Å². The Bertz CT molecular complexity index is 1030. The lowest BCUT2D eigenvalue weighted by molar-refractivity contribution is 0.289. The fourth-order valence-corrected chi connectivity index (χ4v) is 5.66. The number of hydrogen-bond acceptors (Lipinski definition) is 5. The van der Waals surface area contributed by atoms with Crippen molar-refractivity contribution in [2.75, 3.05) is 13.1 Å². The van der Waals surface area contributed by atoms with Crippen LogP contribution in [0.2, 0.25) is 0 Å². The predicted molar refractivity (Wildman–Crippen MR) is 121 cm³/mol. The first-order chi connectivity index (χ1) is 15.3. The average Bonchev–Trinajstić information content (AvgIpc) is 3.48. The van der Waals surface area contributed by atoms with Crippen LogP contribution in [-0.4, -0.2) is 39.1 Å². The zero-order chi connectivity index (χ0) is 20.6. The molecule has 6 rings (SSSR count). The van der Waals surface area contributed by atoms with Crippen molar-refractivity contribution in [2.45, 2.75) is 63.6 Å². The van der Waals surface area contributed by atoms with Crippen molar-refractivity contribution in [1.82, 2.24) is 36.1 Å². The van der Waals surface area contributed by atoms with E-state index in [1.807, 2.05) is 4.68 Å². The topological polar surface area (TPSA) is 82.6 Å². The van der Waals surface area contributed by atoms with E-state index in [9.17, 15) is 0 Å². The molecule has 2 saturated carbocycles. The number of nitrogens with one attached hydrogen (secondary N) is 4. The summed E-state index contributed by atoms with van der Waals surface area (Å²) in [5.74, 6) is 2.07. The second-order valence-electron chi connectivity index (χ2n) is 9.83. The van der Waals surface area contributed by atoms with Crippen molar-refractivity contribution in [3.63, 3.8) is 0 Å². The Kier molecular flexibility index (Phi) is 5.26. The summed E-state index contributed by atoms with van der Waals surface area (Å²) in [5, 5.41) is 13.9. The largest absolute Gasteiger partial charge is 0.357 e. The van der Waals surface area contributed by atoms with Crippen LogP contribution in [0.5, 0.6) is 0 Å². The van der Waals surface area contributed by atoms with E-state index in [0.29, 0.717) is 12.0 Å². The summed E-state index contributed by atoms with van der Waals surface area (Å²) >= 11 is 0. The minimum absolute atomic E-state index is 0.461. The number of benzene rings is 1. The molecule has 7 heteroatoms. The third kappa shape index (κ3) is 4.02. The molecule has 2 aromatic heterocycles. The highest BCUT2D eigenvalue weighted by molar-refractivity contribution is 5.81. The van der Waals surface area contributed by atoms with E-state index < -0.39 is 0 Å². The molecule has 2 aliphatic carbocycles. The van der Waals surface area contributed by atoms with E-state index in [1.165, 1.54) is 60.7 Å². The molecule has 3 aliphatic rings. The van der Waals surface area contributed by atoms with Gasteiger partial charge < -0.3 is 10.3 Å². The molecule has 7 nitrogen and oxygen atoms in total. The fraction of sp³-hybridized carbons (Fsp3) is 0.583. The van der Waals surface area contributed by atoms with Crippen LogP contribution in [0.15, 0.2) is 30.5 Å². The Labute approximate surface area is 183 Å². The first-order valence-electron chi connectivity index (χ1n) is 12.0. The van der Waals surface area contributed by atoms with Crippen LogP contribution in [-0.2, 0) is 13.1 Å². The molecule has 164 valence electrons. The Morgan fingerprint density at radius 2 is 2.03 bits per heavy atom. The summed E-state index contributed by atoms with van der Waals surface area (Å²) in [7, 11) is 0. The molecule has 31 heavy (non-hydrogen) atoms. The number of nitrogens with zero attached hydrogens (tertiary/aromatic N) is 3. The maximum Gasteiger partial charge on any atom is 0.0874 e. The van der Waals surface area contributed by atoms with Gasteiger partial charge in [-0.1, -0.05) is 30.2 Å². The van der Waals surface area contributed by atoms with Gasteiger partial charge in [-0.2, -0.15) is 0 Å². The van der Waals surface area contributed by atoms with Gasteiger partial charge in [-0.05, 0) is 67.1 Å². The molecule has 1 saturated heterocycles. The number of aromatic amines is 1. The van der Waals surface area contributed by atoms with Gasteiger partial charge in [0.15, 0.2) is 0 Å². The van der Waals surface area contributed by atoms with Crippen LogP contribution in [0.3, 0.4) is 0 Å². The van der Waals surface area contributed by atoms with Crippen LogP contribution in [0.25, 0.3) is 10.9 Å². The van der Waals surface area contributed by atoms with E-state index in [-0.39, 0.29) is 0 Å². The molecule has 3 unspecified atom stereocenters. The molecule has 0 spiro atoms. The Balaban J connectivity index is 1.11. The predicted octanol–water partition coefficient (Wildman–Crippen LogP) is 3.06. The second kappa shape index (κ2) is 8.37. The number of fused-ring (bicyclic) bond motifs is 2. The lowest BCUT2D eigenvalue weighted by Gasteiger charge is -2.31. The molecule has 1 aliphatic heterocycles. The van der Waals surface area contributed by atoms with Crippen molar-refractivity contribution in [3.05, 3.63) is 47.4 Å². The number of hydrazine groups is 1. The summed E-state index contributed by atoms with van der Waals surface area (Å²) in [5.41, 5.74) is 11.7. The molecule has 3 heterocycles. The van der Waals surface area contributed by atoms with Gasteiger partial charge in [-0.15, -0.1) is 5.10 Å². The van der Waals surface area contributed by atoms with Gasteiger partial charge >= 0.3 is 0 Å². The van der Waals surface area contributed by atoms with Crippen LogP contribution in [0.1, 0.15) is 61.4 Å². The minimum atomic E-state index is 0.461. The van der Waals surface area contributed by atoms with Gasteiger partial charge in [0.1, 0.15) is 0 Å². The van der Waals surface area contributed by atoms with Crippen LogP contribution < -0.4 is 16.2 Å². The molecule has 3 fully saturated rings. The number of H-pyrrole nitrogens is 1. The highest BCUT2D eigenvalue weighted by atomic mass is 15.4. The van der Waals surface area contributed by atoms with Gasteiger partial charge in [0, 0.05) is 42.5 Å². The van der Waals surface area contributed by atoms with Crippen LogP contribution >= 0.6 is 0 Å². The normalized spacial score (nSPS) is 26.3. The highest BCUT2D eigenvalue weighted by Gasteiger charge is 2.38. The maximum atomic E-state index is 4.55. The SMILES string of the molecule is c1cc2cc(CNCC3CCC3)[nH]c2cc1Cn1cc(C2CCCC3CNNC32)nn1. The molecule has 0 bridgehead atoms. The molecule has 4 N–H and O–H groups in total. The number of hydrogen-bond donors (Lipinski definition) is 4. The Morgan fingerprint density at radius 1 is 1.10 bits per heavy atom. The lowest BCUT2D eigenvalue weighted by Crippen LogP contribution is -2.39. The molecule has 0 radical (unpaired) electrons. The number of rotatable bonds is 7. The van der Waals surface area contributed by atoms with Gasteiger partial charge in [-0.3, -0.25) is 10.9 Å². The quantitative estimate of drug-likeness (QED) is 0.473. The smallest absolute Gasteiger partial charge is 0.0874 e. The van der Waals surface area contributed by atoms with E-state index in [4.69, 9.17) is 0 Å². The third-order valence-corrected chi connectivity index (χ3v) is 7.66. The summed E-state index contributed by atoms with van der Waals surface area (Å²) in [6, 6.07) is 9.44. The van der Waals surface area contributed by atoms with Crippen molar-refractivity contribution in [3.8, 4) is 0 Å². The van der Waals surface area contributed by atoms with Crippen molar-refractivity contribution in [1.29, 1.82) is 0 Å². The Morgan fingerprint density at radius 3 is 2.94 bits per heavy atom. The van der Waals surface area contributed by atoms with Crippen molar-refractivity contribution >= 4 is 10.9 Å². The van der Waals surface area contributed by atoms with Crippen LogP contribution in [0.4, 0.5) is 0 Å². The third-order valence-electron chi connectivity index (χ3n) is 7.66. The van der Waals surface area contributed by atoms with Gasteiger partial charge in [0.2, 0.25) is 0 Å². The molecular formula is C24H33N7. The first-order valence-corrected chi connectivity index (χ1v) is 12.0. The first kappa shape index (κ1) is 19.5. The average molecular weight is 420 g/mol. The summed E-state index contributed by atoms with van der Waals surface area (Å²) in [4.78, 5) is 3.59. The molecule has 3 aromatic rings. The zero-order valence-corrected chi connectivity index (χ0v) is 18.1. The maximum absolute atomic E-state index is 4.55. The summed E-state index contributed by atoms with van der Waals surface area (Å²) in [6.07, 6.45) is 10.1.